The van der Waals surface area contributed by atoms with Crippen LogP contribution in [0.3, 0.4) is 0 Å². The van der Waals surface area contributed by atoms with Gasteiger partial charge < -0.3 is 15.3 Å². The minimum absolute atomic E-state index is 0.00298. The van der Waals surface area contributed by atoms with Gasteiger partial charge in [-0.3, -0.25) is 9.78 Å². The number of amides is 2. The van der Waals surface area contributed by atoms with Crippen molar-refractivity contribution in [2.45, 2.75) is 72.8 Å². The second-order valence-electron chi connectivity index (χ2n) is 8.36. The molecule has 1 aromatic carbocycles. The van der Waals surface area contributed by atoms with Gasteiger partial charge in [-0.15, -0.1) is 0 Å². The van der Waals surface area contributed by atoms with Gasteiger partial charge in [0.15, 0.2) is 0 Å². The van der Waals surface area contributed by atoms with E-state index in [1.807, 2.05) is 32.9 Å². The van der Waals surface area contributed by atoms with Crippen LogP contribution in [-0.4, -0.2) is 40.1 Å². The van der Waals surface area contributed by atoms with Crippen molar-refractivity contribution < 1.29 is 14.7 Å². The number of carboxylic acids is 1. The van der Waals surface area contributed by atoms with Crippen molar-refractivity contribution in [3.05, 3.63) is 64.0 Å². The van der Waals surface area contributed by atoms with Crippen LogP contribution < -0.4 is 5.32 Å². The largest absolute Gasteiger partial charge is 0.481 e. The zero-order valence-electron chi connectivity index (χ0n) is 20.1. The Bertz CT molecular complexity index is 925. The average molecular weight is 440 g/mol. The summed E-state index contributed by atoms with van der Waals surface area (Å²) in [6.45, 7) is 12.0. The number of aryl methyl sites for hydroxylation is 2. The Labute approximate surface area is 192 Å². The van der Waals surface area contributed by atoms with Gasteiger partial charge in [-0.25, -0.2) is 4.79 Å². The molecule has 2 N–H and O–H groups in total. The fraction of sp³-hybridized carbons (Fsp3) is 0.500. The van der Waals surface area contributed by atoms with Crippen LogP contribution in [0.5, 0.6) is 0 Å². The van der Waals surface area contributed by atoms with Crippen LogP contribution >= 0.6 is 0 Å². The van der Waals surface area contributed by atoms with Gasteiger partial charge in [-0.1, -0.05) is 51.0 Å². The van der Waals surface area contributed by atoms with E-state index in [0.29, 0.717) is 19.6 Å². The summed E-state index contributed by atoms with van der Waals surface area (Å²) in [4.78, 5) is 29.9. The second-order valence-corrected chi connectivity index (χ2v) is 8.36. The summed E-state index contributed by atoms with van der Waals surface area (Å²) in [7, 11) is 0. The summed E-state index contributed by atoms with van der Waals surface area (Å²) < 4.78 is 0. The molecule has 2 amide bonds. The number of pyridine rings is 1. The Balaban J connectivity index is 0.000000837. The standard InChI is InChI=1S/C22H27N3O3.C4H10/c1-4-23-22(28)25-8-7-16-5-6-17(10-19(16)13-25)20(11-21(26)27)18-9-14(2)15(3)24-12-18;1-3-4-2/h5-6,9-10,12,20H,4,7-8,11,13H2,1-3H3,(H,23,28)(H,26,27);3-4H2,1-2H3. The molecule has 6 heteroatoms. The zero-order chi connectivity index (χ0) is 23.7. The molecule has 2 aromatic rings. The van der Waals surface area contributed by atoms with Crippen molar-refractivity contribution in [1.29, 1.82) is 0 Å². The lowest BCUT2D eigenvalue weighted by molar-refractivity contribution is -0.137. The van der Waals surface area contributed by atoms with Crippen LogP contribution in [-0.2, 0) is 17.8 Å². The van der Waals surface area contributed by atoms with Gasteiger partial charge in [-0.05, 0) is 55.0 Å². The first-order chi connectivity index (χ1) is 15.3. The molecule has 1 unspecified atom stereocenters. The Morgan fingerprint density at radius 2 is 1.81 bits per heavy atom. The highest BCUT2D eigenvalue weighted by Crippen LogP contribution is 2.31. The molecule has 174 valence electrons. The molecule has 1 aliphatic heterocycles. The average Bonchev–Trinajstić information content (AvgIpc) is 2.79. The van der Waals surface area contributed by atoms with E-state index in [0.717, 1.165) is 34.4 Å². The smallest absolute Gasteiger partial charge is 0.317 e. The van der Waals surface area contributed by atoms with Gasteiger partial charge in [0, 0.05) is 37.4 Å². The molecule has 1 atom stereocenters. The number of hydrogen-bond donors (Lipinski definition) is 2. The summed E-state index contributed by atoms with van der Waals surface area (Å²) in [6, 6.07) is 8.12. The van der Waals surface area contributed by atoms with E-state index < -0.39 is 5.97 Å². The lowest BCUT2D eigenvalue weighted by Crippen LogP contribution is -2.42. The second kappa shape index (κ2) is 12.2. The number of hydrogen-bond acceptors (Lipinski definition) is 3. The molecule has 0 radical (unpaired) electrons. The number of nitrogens with zero attached hydrogens (tertiary/aromatic N) is 2. The zero-order valence-corrected chi connectivity index (χ0v) is 20.1. The monoisotopic (exact) mass is 439 g/mol. The van der Waals surface area contributed by atoms with Gasteiger partial charge in [0.2, 0.25) is 0 Å². The molecular weight excluding hydrogens is 402 g/mol. The lowest BCUT2D eigenvalue weighted by atomic mass is 9.86. The summed E-state index contributed by atoms with van der Waals surface area (Å²) in [5.41, 5.74) is 6.15. The van der Waals surface area contributed by atoms with Gasteiger partial charge in [0.1, 0.15) is 0 Å². The Morgan fingerprint density at radius 1 is 1.09 bits per heavy atom. The maximum absolute atomic E-state index is 12.2. The molecule has 1 aromatic heterocycles. The Kier molecular flexibility index (Phi) is 9.69. The number of carbonyl (C=O) groups is 2. The molecule has 0 aliphatic carbocycles. The minimum Gasteiger partial charge on any atom is -0.481 e. The summed E-state index contributed by atoms with van der Waals surface area (Å²) >= 11 is 0. The minimum atomic E-state index is -0.843. The van der Waals surface area contributed by atoms with E-state index in [1.165, 1.54) is 18.4 Å². The highest BCUT2D eigenvalue weighted by molar-refractivity contribution is 5.74. The van der Waals surface area contributed by atoms with E-state index in [-0.39, 0.29) is 18.4 Å². The molecule has 0 saturated carbocycles. The molecule has 2 heterocycles. The van der Waals surface area contributed by atoms with E-state index in [2.05, 4.69) is 36.3 Å². The third-order valence-corrected chi connectivity index (χ3v) is 5.90. The molecule has 0 fully saturated rings. The maximum Gasteiger partial charge on any atom is 0.317 e. The Hall–Kier alpha value is -2.89. The number of unbranched alkanes of at least 4 members (excludes halogenated alkanes) is 1. The number of rotatable bonds is 6. The third-order valence-electron chi connectivity index (χ3n) is 5.90. The normalized spacial score (nSPS) is 13.5. The number of aliphatic carboxylic acids is 1. The van der Waals surface area contributed by atoms with E-state index in [4.69, 9.17) is 0 Å². The maximum atomic E-state index is 12.2. The van der Waals surface area contributed by atoms with Crippen LogP contribution in [0, 0.1) is 13.8 Å². The predicted molar refractivity (Wildman–Crippen MR) is 128 cm³/mol. The number of nitrogens with one attached hydrogen (secondary N) is 1. The lowest BCUT2D eigenvalue weighted by Gasteiger charge is -2.30. The van der Waals surface area contributed by atoms with Crippen molar-refractivity contribution >= 4 is 12.0 Å². The van der Waals surface area contributed by atoms with Crippen molar-refractivity contribution in [3.8, 4) is 0 Å². The number of carbonyl (C=O) groups excluding carboxylic acids is 1. The van der Waals surface area contributed by atoms with Crippen LogP contribution in [0.2, 0.25) is 0 Å². The quantitative estimate of drug-likeness (QED) is 0.648. The Morgan fingerprint density at radius 3 is 2.41 bits per heavy atom. The molecule has 0 saturated heterocycles. The summed E-state index contributed by atoms with van der Waals surface area (Å²) in [5, 5.41) is 12.3. The highest BCUT2D eigenvalue weighted by atomic mass is 16.4. The van der Waals surface area contributed by atoms with Gasteiger partial charge in [0.25, 0.3) is 0 Å². The third kappa shape index (κ3) is 6.81. The molecule has 6 nitrogen and oxygen atoms in total. The van der Waals surface area contributed by atoms with E-state index >= 15 is 0 Å². The first-order valence-electron chi connectivity index (χ1n) is 11.6. The van der Waals surface area contributed by atoms with Crippen LogP contribution in [0.25, 0.3) is 0 Å². The summed E-state index contributed by atoms with van der Waals surface area (Å²) in [5.74, 6) is -1.11. The number of fused-ring (bicyclic) bond motifs is 1. The number of benzene rings is 1. The fourth-order valence-electron chi connectivity index (χ4n) is 3.69. The molecule has 0 bridgehead atoms. The SMILES string of the molecule is CCCC.CCNC(=O)N1CCc2ccc(C(CC(=O)O)c3cnc(C)c(C)c3)cc2C1. The van der Waals surface area contributed by atoms with E-state index in [9.17, 15) is 14.7 Å². The van der Waals surface area contributed by atoms with Crippen LogP contribution in [0.4, 0.5) is 4.79 Å². The molecule has 32 heavy (non-hydrogen) atoms. The molecule has 1 aliphatic rings. The topological polar surface area (TPSA) is 82.5 Å². The number of carboxylic acid groups (broad SMARTS) is 1. The first-order valence-corrected chi connectivity index (χ1v) is 11.6. The predicted octanol–water partition coefficient (Wildman–Crippen LogP) is 5.20. The van der Waals surface area contributed by atoms with Gasteiger partial charge >= 0.3 is 12.0 Å². The molecular formula is C26H37N3O3. The first kappa shape index (κ1) is 25.4. The van der Waals surface area contributed by atoms with Crippen molar-refractivity contribution in [2.24, 2.45) is 0 Å². The summed E-state index contributed by atoms with van der Waals surface area (Å²) in [6.07, 6.45) is 5.22. The van der Waals surface area contributed by atoms with Crippen LogP contribution in [0.1, 0.15) is 79.5 Å². The van der Waals surface area contributed by atoms with Gasteiger partial charge in [0.05, 0.1) is 6.42 Å². The van der Waals surface area contributed by atoms with Crippen molar-refractivity contribution in [2.75, 3.05) is 13.1 Å². The number of aromatic nitrogens is 1. The molecule has 0 spiro atoms. The molecule has 3 rings (SSSR count). The van der Waals surface area contributed by atoms with Crippen molar-refractivity contribution in [3.63, 3.8) is 0 Å². The fourth-order valence-corrected chi connectivity index (χ4v) is 3.69. The highest BCUT2D eigenvalue weighted by Gasteiger charge is 2.24. The van der Waals surface area contributed by atoms with Crippen molar-refractivity contribution in [1.82, 2.24) is 15.2 Å². The van der Waals surface area contributed by atoms with E-state index in [1.54, 1.807) is 11.1 Å². The van der Waals surface area contributed by atoms with Crippen LogP contribution in [0.15, 0.2) is 30.5 Å². The number of urea groups is 1. The van der Waals surface area contributed by atoms with Gasteiger partial charge in [-0.2, -0.15) is 0 Å².